The Morgan fingerprint density at radius 2 is 1.61 bits per heavy atom. The van der Waals surface area contributed by atoms with Crippen LogP contribution in [0.25, 0.3) is 0 Å². The number of para-hydroxylation sites is 2. The first kappa shape index (κ1) is 26.7. The summed E-state index contributed by atoms with van der Waals surface area (Å²) in [6.45, 7) is 3.63. The number of rotatable bonds is 10. The predicted octanol–water partition coefficient (Wildman–Crippen LogP) is 4.05. The van der Waals surface area contributed by atoms with Crippen molar-refractivity contribution in [3.05, 3.63) is 84.2 Å². The lowest BCUT2D eigenvalue weighted by molar-refractivity contribution is -0.114. The molecule has 0 atom stereocenters. The van der Waals surface area contributed by atoms with Crippen molar-refractivity contribution in [3.63, 3.8) is 0 Å². The maximum Gasteiger partial charge on any atom is 0.264 e. The molecule has 0 aliphatic carbocycles. The van der Waals surface area contributed by atoms with Crippen LogP contribution < -0.4 is 19.7 Å². The molecule has 0 heterocycles. The highest BCUT2D eigenvalue weighted by molar-refractivity contribution is 7.92. The first-order valence-corrected chi connectivity index (χ1v) is 12.7. The van der Waals surface area contributed by atoms with Crippen molar-refractivity contribution in [1.29, 1.82) is 0 Å². The van der Waals surface area contributed by atoms with E-state index in [0.717, 1.165) is 6.07 Å². The van der Waals surface area contributed by atoms with E-state index < -0.39 is 28.3 Å². The van der Waals surface area contributed by atoms with Crippen molar-refractivity contribution >= 4 is 33.2 Å². The van der Waals surface area contributed by atoms with Gasteiger partial charge in [-0.15, -0.1) is 0 Å². The Balaban J connectivity index is 1.91. The molecule has 2 N–H and O–H groups in total. The first-order chi connectivity index (χ1) is 17.1. The molecule has 2 amide bonds. The van der Waals surface area contributed by atoms with Gasteiger partial charge in [0.15, 0.2) is 0 Å². The predicted molar refractivity (Wildman–Crippen MR) is 136 cm³/mol. The molecule has 0 radical (unpaired) electrons. The molecule has 0 aliphatic rings. The number of hydrogen-bond acceptors (Lipinski definition) is 5. The molecular weight excluding hydrogens is 485 g/mol. The molecule has 0 saturated heterocycles. The molecule has 190 valence electrons. The van der Waals surface area contributed by atoms with E-state index in [1.165, 1.54) is 55.6 Å². The van der Waals surface area contributed by atoms with E-state index in [4.69, 9.17) is 4.74 Å². The van der Waals surface area contributed by atoms with Crippen LogP contribution in [0.3, 0.4) is 0 Å². The van der Waals surface area contributed by atoms with Gasteiger partial charge in [0, 0.05) is 6.54 Å². The van der Waals surface area contributed by atoms with Gasteiger partial charge in [-0.3, -0.25) is 13.9 Å². The van der Waals surface area contributed by atoms with E-state index in [2.05, 4.69) is 10.6 Å². The minimum Gasteiger partial charge on any atom is -0.497 e. The van der Waals surface area contributed by atoms with Crippen LogP contribution in [0.4, 0.5) is 15.8 Å². The number of hydrogen-bond donors (Lipinski definition) is 2. The van der Waals surface area contributed by atoms with E-state index in [0.29, 0.717) is 16.6 Å². The van der Waals surface area contributed by atoms with Crippen molar-refractivity contribution < 1.29 is 27.1 Å². The number of nitrogens with zero attached hydrogens (tertiary/aromatic N) is 1. The van der Waals surface area contributed by atoms with E-state index >= 15 is 0 Å². The number of sulfonamides is 1. The third kappa shape index (κ3) is 6.39. The average molecular weight is 514 g/mol. The molecule has 8 nitrogen and oxygen atoms in total. The number of amides is 2. The maximum atomic E-state index is 14.7. The number of methoxy groups -OCH3 is 1. The second-order valence-electron chi connectivity index (χ2n) is 8.34. The van der Waals surface area contributed by atoms with Gasteiger partial charge in [-0.05, 0) is 54.4 Å². The third-order valence-electron chi connectivity index (χ3n) is 5.17. The van der Waals surface area contributed by atoms with Crippen LogP contribution in [-0.4, -0.2) is 40.4 Å². The van der Waals surface area contributed by atoms with Crippen LogP contribution in [0.15, 0.2) is 77.7 Å². The molecule has 36 heavy (non-hydrogen) atoms. The summed E-state index contributed by atoms with van der Waals surface area (Å²) in [7, 11) is -2.89. The summed E-state index contributed by atoms with van der Waals surface area (Å²) in [6, 6.07) is 17.2. The lowest BCUT2D eigenvalue weighted by atomic mass is 10.1. The van der Waals surface area contributed by atoms with E-state index in [1.807, 2.05) is 13.8 Å². The second kappa shape index (κ2) is 11.7. The minimum absolute atomic E-state index is 0.146. The lowest BCUT2D eigenvalue weighted by Crippen LogP contribution is -2.39. The summed E-state index contributed by atoms with van der Waals surface area (Å²) in [6.07, 6.45) is 0. The van der Waals surface area contributed by atoms with Crippen LogP contribution in [0, 0.1) is 11.7 Å². The Morgan fingerprint density at radius 1 is 0.972 bits per heavy atom. The van der Waals surface area contributed by atoms with Crippen LogP contribution in [0.1, 0.15) is 24.2 Å². The number of halogens is 1. The van der Waals surface area contributed by atoms with Crippen molar-refractivity contribution in [2.75, 3.05) is 29.8 Å². The van der Waals surface area contributed by atoms with Gasteiger partial charge in [-0.2, -0.15) is 0 Å². The molecule has 3 rings (SSSR count). The fourth-order valence-corrected chi connectivity index (χ4v) is 4.76. The van der Waals surface area contributed by atoms with Gasteiger partial charge < -0.3 is 15.4 Å². The zero-order valence-corrected chi connectivity index (χ0v) is 21.0. The molecule has 0 bridgehead atoms. The number of carbonyl (C=O) groups excluding carboxylic acids is 2. The summed E-state index contributed by atoms with van der Waals surface area (Å²) in [5.74, 6) is -1.27. The molecule has 0 spiro atoms. The number of anilines is 2. The molecule has 0 aliphatic heterocycles. The van der Waals surface area contributed by atoms with Crippen LogP contribution >= 0.6 is 0 Å². The molecule has 0 aromatic heterocycles. The topological polar surface area (TPSA) is 105 Å². The van der Waals surface area contributed by atoms with Gasteiger partial charge in [0.2, 0.25) is 5.91 Å². The highest BCUT2D eigenvalue weighted by Crippen LogP contribution is 2.27. The van der Waals surface area contributed by atoms with Gasteiger partial charge in [0.1, 0.15) is 18.1 Å². The SMILES string of the molecule is COc1ccc(S(=O)(=O)N(CC(=O)Nc2ccccc2C(=O)NCC(C)C)c2ccccc2F)cc1. The Morgan fingerprint density at radius 3 is 2.25 bits per heavy atom. The van der Waals surface area contributed by atoms with Gasteiger partial charge in [-0.1, -0.05) is 38.1 Å². The zero-order chi connectivity index (χ0) is 26.3. The molecule has 3 aromatic rings. The standard InChI is InChI=1S/C26H28FN3O5S/c1-18(2)16-28-26(32)21-8-4-6-10-23(21)29-25(31)17-30(24-11-7-5-9-22(24)27)36(33,34)20-14-12-19(35-3)13-15-20/h4-15,18H,16-17H2,1-3H3,(H,28,32)(H,29,31). The number of benzene rings is 3. The average Bonchev–Trinajstić information content (AvgIpc) is 2.86. The fraction of sp³-hybridized carbons (Fsp3) is 0.231. The molecule has 0 fully saturated rings. The lowest BCUT2D eigenvalue weighted by Gasteiger charge is -2.24. The smallest absolute Gasteiger partial charge is 0.264 e. The largest absolute Gasteiger partial charge is 0.497 e. The van der Waals surface area contributed by atoms with Gasteiger partial charge in [0.05, 0.1) is 28.9 Å². The van der Waals surface area contributed by atoms with Crippen LogP contribution in [-0.2, 0) is 14.8 Å². The zero-order valence-electron chi connectivity index (χ0n) is 20.2. The van der Waals surface area contributed by atoms with Crippen LogP contribution in [0.5, 0.6) is 5.75 Å². The Labute approximate surface area is 210 Å². The summed E-state index contributed by atoms with van der Waals surface area (Å²) in [4.78, 5) is 25.5. The fourth-order valence-electron chi connectivity index (χ4n) is 3.33. The number of ether oxygens (including phenoxy) is 1. The molecule has 0 saturated carbocycles. The second-order valence-corrected chi connectivity index (χ2v) is 10.2. The van der Waals surface area contributed by atoms with Gasteiger partial charge >= 0.3 is 0 Å². The first-order valence-electron chi connectivity index (χ1n) is 11.2. The molecule has 10 heteroatoms. The van der Waals surface area contributed by atoms with Crippen LogP contribution in [0.2, 0.25) is 0 Å². The van der Waals surface area contributed by atoms with Crippen molar-refractivity contribution in [3.8, 4) is 5.75 Å². The summed E-state index contributed by atoms with van der Waals surface area (Å²) in [5, 5.41) is 5.38. The van der Waals surface area contributed by atoms with Crippen molar-refractivity contribution in [1.82, 2.24) is 5.32 Å². The number of carbonyl (C=O) groups is 2. The van der Waals surface area contributed by atoms with E-state index in [1.54, 1.807) is 18.2 Å². The van der Waals surface area contributed by atoms with Crippen molar-refractivity contribution in [2.45, 2.75) is 18.7 Å². The third-order valence-corrected chi connectivity index (χ3v) is 6.95. The highest BCUT2D eigenvalue weighted by atomic mass is 32.2. The van der Waals surface area contributed by atoms with E-state index in [-0.39, 0.29) is 33.7 Å². The maximum absolute atomic E-state index is 14.7. The van der Waals surface area contributed by atoms with Gasteiger partial charge in [0.25, 0.3) is 15.9 Å². The molecular formula is C26H28FN3O5S. The van der Waals surface area contributed by atoms with E-state index in [9.17, 15) is 22.4 Å². The quantitative estimate of drug-likeness (QED) is 0.426. The number of nitrogens with one attached hydrogen (secondary N) is 2. The Bertz CT molecular complexity index is 1330. The summed E-state index contributed by atoms with van der Waals surface area (Å²) < 4.78 is 47.4. The summed E-state index contributed by atoms with van der Waals surface area (Å²) >= 11 is 0. The van der Waals surface area contributed by atoms with Crippen molar-refractivity contribution in [2.24, 2.45) is 5.92 Å². The Hall–Kier alpha value is -3.92. The minimum atomic E-state index is -4.34. The summed E-state index contributed by atoms with van der Waals surface area (Å²) in [5.41, 5.74) is 0.146. The molecule has 3 aromatic carbocycles. The monoisotopic (exact) mass is 513 g/mol. The molecule has 0 unspecified atom stereocenters. The van der Waals surface area contributed by atoms with Gasteiger partial charge in [-0.25, -0.2) is 12.8 Å². The normalized spacial score (nSPS) is 11.1. The Kier molecular flexibility index (Phi) is 8.65. The highest BCUT2D eigenvalue weighted by Gasteiger charge is 2.29.